The number of aromatic nitrogens is 4. The maximum atomic E-state index is 5.72. The zero-order valence-corrected chi connectivity index (χ0v) is 11.4. The highest BCUT2D eigenvalue weighted by atomic mass is 15.2. The van der Waals surface area contributed by atoms with Gasteiger partial charge in [0, 0.05) is 12.1 Å². The van der Waals surface area contributed by atoms with Crippen molar-refractivity contribution in [2.24, 2.45) is 0 Å². The topological polar surface area (TPSA) is 83.7 Å². The van der Waals surface area contributed by atoms with Crippen LogP contribution in [-0.2, 0) is 6.54 Å². The summed E-state index contributed by atoms with van der Waals surface area (Å²) in [6.07, 6.45) is 1.62. The number of hydrogen-bond donors (Lipinski definition) is 2. The molecule has 0 radical (unpaired) electrons. The van der Waals surface area contributed by atoms with Crippen LogP contribution in [0.1, 0.15) is 33.4 Å². The van der Waals surface area contributed by atoms with E-state index in [1.807, 2.05) is 0 Å². The number of fused-ring (bicyclic) bond motifs is 1. The molecule has 0 bridgehead atoms. The molecule has 6 nitrogen and oxygen atoms in total. The van der Waals surface area contributed by atoms with E-state index in [0.717, 1.165) is 17.8 Å². The Morgan fingerprint density at radius 1 is 1.33 bits per heavy atom. The Morgan fingerprint density at radius 3 is 2.67 bits per heavy atom. The molecule has 2 rings (SSSR count). The molecule has 0 spiro atoms. The van der Waals surface area contributed by atoms with Gasteiger partial charge in [-0.25, -0.2) is 9.97 Å². The standard InChI is InChI=1S/C12H20N6/c1-5-18(12(2,3)4)6-8-9-10(15-7-14-9)17-11(13)16-8/h7H,5-6H2,1-4H3,(H3,13,14,15,16,17). The molecule has 98 valence electrons. The molecule has 0 aliphatic carbocycles. The summed E-state index contributed by atoms with van der Waals surface area (Å²) in [7, 11) is 0. The van der Waals surface area contributed by atoms with Gasteiger partial charge in [-0.15, -0.1) is 0 Å². The molecule has 2 heterocycles. The molecule has 0 amide bonds. The number of nitrogens with two attached hydrogens (primary N) is 1. The van der Waals surface area contributed by atoms with Crippen molar-refractivity contribution in [1.82, 2.24) is 24.8 Å². The van der Waals surface area contributed by atoms with E-state index in [0.29, 0.717) is 12.2 Å². The summed E-state index contributed by atoms with van der Waals surface area (Å²) in [6, 6.07) is 0. The third kappa shape index (κ3) is 2.43. The van der Waals surface area contributed by atoms with Gasteiger partial charge < -0.3 is 10.7 Å². The predicted molar refractivity (Wildman–Crippen MR) is 71.9 cm³/mol. The number of nitrogen functional groups attached to an aromatic ring is 1. The zero-order valence-electron chi connectivity index (χ0n) is 11.4. The maximum absolute atomic E-state index is 5.72. The third-order valence-corrected chi connectivity index (χ3v) is 3.04. The normalized spacial score (nSPS) is 12.5. The van der Waals surface area contributed by atoms with Gasteiger partial charge in [0.1, 0.15) is 5.52 Å². The van der Waals surface area contributed by atoms with E-state index in [1.54, 1.807) is 6.33 Å². The van der Waals surface area contributed by atoms with E-state index in [1.165, 1.54) is 0 Å². The van der Waals surface area contributed by atoms with Gasteiger partial charge in [0.05, 0.1) is 12.0 Å². The predicted octanol–water partition coefficient (Wildman–Crippen LogP) is 1.56. The minimum Gasteiger partial charge on any atom is -0.368 e. The van der Waals surface area contributed by atoms with Crippen molar-refractivity contribution in [1.29, 1.82) is 0 Å². The number of hydrogen-bond acceptors (Lipinski definition) is 5. The highest BCUT2D eigenvalue weighted by molar-refractivity contribution is 5.73. The minimum absolute atomic E-state index is 0.0804. The first kappa shape index (κ1) is 12.8. The summed E-state index contributed by atoms with van der Waals surface area (Å²) < 4.78 is 0. The highest BCUT2D eigenvalue weighted by Gasteiger charge is 2.22. The number of rotatable bonds is 3. The van der Waals surface area contributed by atoms with E-state index in [-0.39, 0.29) is 11.5 Å². The van der Waals surface area contributed by atoms with Gasteiger partial charge in [0.15, 0.2) is 5.65 Å². The molecule has 2 aromatic heterocycles. The zero-order chi connectivity index (χ0) is 13.3. The van der Waals surface area contributed by atoms with Crippen LogP contribution in [0.15, 0.2) is 6.33 Å². The molecule has 0 saturated carbocycles. The van der Waals surface area contributed by atoms with Gasteiger partial charge in [0.25, 0.3) is 0 Å². The van der Waals surface area contributed by atoms with Crippen LogP contribution in [-0.4, -0.2) is 36.9 Å². The summed E-state index contributed by atoms with van der Waals surface area (Å²) in [5.74, 6) is 0.284. The quantitative estimate of drug-likeness (QED) is 0.861. The van der Waals surface area contributed by atoms with E-state index in [4.69, 9.17) is 5.73 Å². The fourth-order valence-electron chi connectivity index (χ4n) is 2.03. The summed E-state index contributed by atoms with van der Waals surface area (Å²) in [4.78, 5) is 18.0. The second kappa shape index (κ2) is 4.53. The summed E-state index contributed by atoms with van der Waals surface area (Å²) in [5, 5.41) is 0. The smallest absolute Gasteiger partial charge is 0.222 e. The van der Waals surface area contributed by atoms with Crippen molar-refractivity contribution < 1.29 is 0 Å². The van der Waals surface area contributed by atoms with Crippen LogP contribution in [0.2, 0.25) is 0 Å². The minimum atomic E-state index is 0.0804. The van der Waals surface area contributed by atoms with Crippen molar-refractivity contribution in [2.75, 3.05) is 12.3 Å². The van der Waals surface area contributed by atoms with Crippen LogP contribution >= 0.6 is 0 Å². The van der Waals surface area contributed by atoms with Gasteiger partial charge in [-0.05, 0) is 27.3 Å². The van der Waals surface area contributed by atoms with Crippen LogP contribution in [0.5, 0.6) is 0 Å². The molecule has 0 unspecified atom stereocenters. The average molecular weight is 248 g/mol. The Kier molecular flexibility index (Phi) is 3.21. The molecule has 6 heteroatoms. The summed E-state index contributed by atoms with van der Waals surface area (Å²) in [5.41, 5.74) is 8.17. The van der Waals surface area contributed by atoms with Crippen LogP contribution in [0.4, 0.5) is 5.95 Å². The SMILES string of the molecule is CCN(Cc1nc(N)nc2[nH]cnc12)C(C)(C)C. The number of aromatic amines is 1. The molecule has 0 saturated heterocycles. The monoisotopic (exact) mass is 248 g/mol. The van der Waals surface area contributed by atoms with Crippen molar-refractivity contribution in [3.8, 4) is 0 Å². The lowest BCUT2D eigenvalue weighted by Crippen LogP contribution is -2.40. The molecule has 0 aromatic carbocycles. The maximum Gasteiger partial charge on any atom is 0.222 e. The Hall–Kier alpha value is -1.69. The van der Waals surface area contributed by atoms with Gasteiger partial charge in [-0.1, -0.05) is 6.92 Å². The average Bonchev–Trinajstić information content (AvgIpc) is 2.71. The molecule has 0 atom stereocenters. The molecule has 18 heavy (non-hydrogen) atoms. The number of nitrogens with zero attached hydrogens (tertiary/aromatic N) is 4. The fraction of sp³-hybridized carbons (Fsp3) is 0.583. The van der Waals surface area contributed by atoms with E-state index >= 15 is 0 Å². The molecule has 2 aromatic rings. The lowest BCUT2D eigenvalue weighted by Gasteiger charge is -2.34. The van der Waals surface area contributed by atoms with E-state index in [2.05, 4.69) is 52.5 Å². The number of anilines is 1. The van der Waals surface area contributed by atoms with Crippen molar-refractivity contribution in [3.05, 3.63) is 12.0 Å². The van der Waals surface area contributed by atoms with Crippen molar-refractivity contribution >= 4 is 17.1 Å². The number of nitrogens with one attached hydrogen (secondary N) is 1. The lowest BCUT2D eigenvalue weighted by atomic mass is 10.1. The summed E-state index contributed by atoms with van der Waals surface area (Å²) in [6.45, 7) is 10.3. The summed E-state index contributed by atoms with van der Waals surface area (Å²) >= 11 is 0. The molecule has 0 aliphatic heterocycles. The van der Waals surface area contributed by atoms with Crippen LogP contribution in [0.3, 0.4) is 0 Å². The Morgan fingerprint density at radius 2 is 2.06 bits per heavy atom. The highest BCUT2D eigenvalue weighted by Crippen LogP contribution is 2.19. The molecular formula is C12H20N6. The number of H-pyrrole nitrogens is 1. The Balaban J connectivity index is 2.39. The van der Waals surface area contributed by atoms with Gasteiger partial charge in [-0.3, -0.25) is 4.90 Å². The molecule has 0 aliphatic rings. The molecular weight excluding hydrogens is 228 g/mol. The largest absolute Gasteiger partial charge is 0.368 e. The van der Waals surface area contributed by atoms with E-state index < -0.39 is 0 Å². The first-order valence-electron chi connectivity index (χ1n) is 6.12. The third-order valence-electron chi connectivity index (χ3n) is 3.04. The first-order valence-corrected chi connectivity index (χ1v) is 6.12. The van der Waals surface area contributed by atoms with Crippen LogP contribution in [0.25, 0.3) is 11.2 Å². The molecule has 3 N–H and O–H groups in total. The van der Waals surface area contributed by atoms with Crippen molar-refractivity contribution in [2.45, 2.75) is 39.8 Å². The van der Waals surface area contributed by atoms with Gasteiger partial charge in [-0.2, -0.15) is 4.98 Å². The van der Waals surface area contributed by atoms with Gasteiger partial charge in [0.2, 0.25) is 5.95 Å². The van der Waals surface area contributed by atoms with Gasteiger partial charge >= 0.3 is 0 Å². The van der Waals surface area contributed by atoms with E-state index in [9.17, 15) is 0 Å². The number of imidazole rings is 1. The Bertz CT molecular complexity index is 539. The second-order valence-electron chi connectivity index (χ2n) is 5.31. The Labute approximate surface area is 107 Å². The van der Waals surface area contributed by atoms with Crippen molar-refractivity contribution in [3.63, 3.8) is 0 Å². The van der Waals surface area contributed by atoms with Crippen LogP contribution < -0.4 is 5.73 Å². The van der Waals surface area contributed by atoms with Crippen LogP contribution in [0, 0.1) is 0 Å². The first-order chi connectivity index (χ1) is 8.41. The lowest BCUT2D eigenvalue weighted by molar-refractivity contribution is 0.135. The molecule has 0 fully saturated rings. The fourth-order valence-corrected chi connectivity index (χ4v) is 2.03. The second-order valence-corrected chi connectivity index (χ2v) is 5.31.